The zero-order valence-corrected chi connectivity index (χ0v) is 15.6. The third kappa shape index (κ3) is 6.72. The molecule has 0 spiro atoms. The molecule has 2 amide bonds. The Morgan fingerprint density at radius 2 is 1.81 bits per heavy atom. The molecule has 0 radical (unpaired) electrons. The Hall–Kier alpha value is -2.00. The summed E-state index contributed by atoms with van der Waals surface area (Å²) in [6.45, 7) is 1.66. The van der Waals surface area contributed by atoms with Gasteiger partial charge in [-0.05, 0) is 12.0 Å². The molecule has 0 saturated heterocycles. The number of carbonyl (C=O) groups is 2. The maximum absolute atomic E-state index is 12.4. The molecule has 1 aromatic rings. The Bertz CT molecular complexity index is 568. The number of hydrogen-bond donors (Lipinski definition) is 5. The number of aliphatic hydroxyl groups is 2. The van der Waals surface area contributed by atoms with Crippen LogP contribution in [0.3, 0.4) is 0 Å². The van der Waals surface area contributed by atoms with E-state index in [9.17, 15) is 19.8 Å². The van der Waals surface area contributed by atoms with E-state index in [0.29, 0.717) is 12.0 Å². The molecule has 0 aliphatic heterocycles. The van der Waals surface area contributed by atoms with Crippen molar-refractivity contribution in [2.75, 3.05) is 20.6 Å². The SMILES string of the molecule is CCCC(N)C(O)[C@H](O)NCC(=O)N[C@H](C(=O)N(C)C)c1ccccc1. The summed E-state index contributed by atoms with van der Waals surface area (Å²) in [6.07, 6.45) is -1.19. The second-order valence-corrected chi connectivity index (χ2v) is 6.41. The van der Waals surface area contributed by atoms with Gasteiger partial charge < -0.3 is 26.2 Å². The summed E-state index contributed by atoms with van der Waals surface area (Å²) in [6, 6.07) is 7.48. The van der Waals surface area contributed by atoms with Gasteiger partial charge in [-0.2, -0.15) is 0 Å². The van der Waals surface area contributed by atoms with Gasteiger partial charge in [0.25, 0.3) is 0 Å². The Labute approximate surface area is 154 Å². The van der Waals surface area contributed by atoms with Crippen molar-refractivity contribution >= 4 is 11.8 Å². The Balaban J connectivity index is 2.66. The van der Waals surface area contributed by atoms with Gasteiger partial charge in [0.1, 0.15) is 18.4 Å². The first-order chi connectivity index (χ1) is 12.3. The highest BCUT2D eigenvalue weighted by atomic mass is 16.3. The topological polar surface area (TPSA) is 128 Å². The highest BCUT2D eigenvalue weighted by Crippen LogP contribution is 2.14. The van der Waals surface area contributed by atoms with Crippen LogP contribution in [0.25, 0.3) is 0 Å². The van der Waals surface area contributed by atoms with Crippen molar-refractivity contribution in [3.63, 3.8) is 0 Å². The molecule has 4 atom stereocenters. The lowest BCUT2D eigenvalue weighted by Crippen LogP contribution is -2.52. The van der Waals surface area contributed by atoms with Crippen LogP contribution in [0.4, 0.5) is 0 Å². The van der Waals surface area contributed by atoms with Crippen LogP contribution in [0.1, 0.15) is 31.4 Å². The number of amides is 2. The van der Waals surface area contributed by atoms with Crippen molar-refractivity contribution in [3.8, 4) is 0 Å². The monoisotopic (exact) mass is 366 g/mol. The zero-order valence-electron chi connectivity index (χ0n) is 15.6. The van der Waals surface area contributed by atoms with Crippen LogP contribution in [-0.2, 0) is 9.59 Å². The predicted octanol–water partition coefficient (Wildman–Crippen LogP) is -0.672. The maximum Gasteiger partial charge on any atom is 0.249 e. The summed E-state index contributed by atoms with van der Waals surface area (Å²) in [5.41, 5.74) is 6.42. The van der Waals surface area contributed by atoms with E-state index in [-0.39, 0.29) is 12.5 Å². The molecule has 0 saturated carbocycles. The van der Waals surface area contributed by atoms with Crippen LogP contribution in [0, 0.1) is 0 Å². The Morgan fingerprint density at radius 1 is 1.19 bits per heavy atom. The van der Waals surface area contributed by atoms with E-state index in [2.05, 4.69) is 10.6 Å². The second kappa shape index (κ2) is 10.9. The minimum absolute atomic E-state index is 0.263. The number of carbonyl (C=O) groups excluding carboxylic acids is 2. The summed E-state index contributed by atoms with van der Waals surface area (Å²) in [5.74, 6) is -0.750. The maximum atomic E-state index is 12.4. The fraction of sp³-hybridized carbons (Fsp3) is 0.556. The van der Waals surface area contributed by atoms with Crippen molar-refractivity contribution in [2.24, 2.45) is 5.73 Å². The molecule has 8 nitrogen and oxygen atoms in total. The number of likely N-dealkylation sites (N-methyl/N-ethyl adjacent to an activating group) is 1. The molecule has 0 aromatic heterocycles. The quantitative estimate of drug-likeness (QED) is 0.349. The molecule has 1 aromatic carbocycles. The summed E-state index contributed by atoms with van der Waals surface area (Å²) < 4.78 is 0. The molecule has 0 fully saturated rings. The number of benzene rings is 1. The van der Waals surface area contributed by atoms with Crippen molar-refractivity contribution in [1.82, 2.24) is 15.5 Å². The smallest absolute Gasteiger partial charge is 0.249 e. The first kappa shape index (κ1) is 22.0. The number of nitrogens with zero attached hydrogens (tertiary/aromatic N) is 1. The molecule has 6 N–H and O–H groups in total. The molecule has 0 heterocycles. The van der Waals surface area contributed by atoms with Crippen molar-refractivity contribution in [2.45, 2.75) is 44.2 Å². The third-order valence-electron chi connectivity index (χ3n) is 3.98. The fourth-order valence-electron chi connectivity index (χ4n) is 2.46. The van der Waals surface area contributed by atoms with Crippen LogP contribution in [-0.4, -0.2) is 65.9 Å². The number of hydrogen-bond acceptors (Lipinski definition) is 6. The lowest BCUT2D eigenvalue weighted by molar-refractivity contribution is -0.134. The molecule has 0 aliphatic carbocycles. The molecule has 8 heteroatoms. The van der Waals surface area contributed by atoms with Crippen LogP contribution in [0.5, 0.6) is 0 Å². The van der Waals surface area contributed by atoms with Gasteiger partial charge in [-0.1, -0.05) is 43.7 Å². The van der Waals surface area contributed by atoms with E-state index in [0.717, 1.165) is 6.42 Å². The molecule has 0 aliphatic rings. The second-order valence-electron chi connectivity index (χ2n) is 6.41. The van der Waals surface area contributed by atoms with Gasteiger partial charge in [0, 0.05) is 20.1 Å². The van der Waals surface area contributed by atoms with Crippen molar-refractivity contribution in [1.29, 1.82) is 0 Å². The first-order valence-corrected chi connectivity index (χ1v) is 8.68. The number of nitrogens with two attached hydrogens (primary N) is 1. The molecular formula is C18H30N4O4. The van der Waals surface area contributed by atoms with E-state index in [1.165, 1.54) is 4.90 Å². The molecule has 0 bridgehead atoms. The molecular weight excluding hydrogens is 336 g/mol. The first-order valence-electron chi connectivity index (χ1n) is 8.68. The van der Waals surface area contributed by atoms with Gasteiger partial charge in [0.15, 0.2) is 0 Å². The number of rotatable bonds is 10. The van der Waals surface area contributed by atoms with E-state index >= 15 is 0 Å². The average Bonchev–Trinajstić information content (AvgIpc) is 2.63. The number of aliphatic hydroxyl groups excluding tert-OH is 2. The van der Waals surface area contributed by atoms with E-state index in [1.807, 2.05) is 13.0 Å². The lowest BCUT2D eigenvalue weighted by Gasteiger charge is -2.25. The Kier molecular flexibility index (Phi) is 9.22. The Morgan fingerprint density at radius 3 is 2.35 bits per heavy atom. The number of nitrogens with one attached hydrogen (secondary N) is 2. The summed E-state index contributed by atoms with van der Waals surface area (Å²) >= 11 is 0. The highest BCUT2D eigenvalue weighted by Gasteiger charge is 2.26. The van der Waals surface area contributed by atoms with E-state index < -0.39 is 30.3 Å². The van der Waals surface area contributed by atoms with Crippen LogP contribution in [0.2, 0.25) is 0 Å². The van der Waals surface area contributed by atoms with Gasteiger partial charge in [-0.25, -0.2) is 0 Å². The van der Waals surface area contributed by atoms with Crippen molar-refractivity contribution in [3.05, 3.63) is 35.9 Å². The van der Waals surface area contributed by atoms with Crippen LogP contribution in [0.15, 0.2) is 30.3 Å². The predicted molar refractivity (Wildman–Crippen MR) is 98.9 cm³/mol. The fourth-order valence-corrected chi connectivity index (χ4v) is 2.46. The van der Waals surface area contributed by atoms with Gasteiger partial charge in [0.2, 0.25) is 11.8 Å². The third-order valence-corrected chi connectivity index (χ3v) is 3.98. The van der Waals surface area contributed by atoms with Gasteiger partial charge in [-0.15, -0.1) is 0 Å². The van der Waals surface area contributed by atoms with Crippen LogP contribution < -0.4 is 16.4 Å². The zero-order chi connectivity index (χ0) is 19.7. The standard InChI is InChI=1S/C18H30N4O4/c1-4-8-13(19)16(24)17(25)20-11-14(23)21-15(18(26)22(2)3)12-9-6-5-7-10-12/h5-7,9-10,13,15-17,20,24-25H,4,8,11,19H2,1-3H3,(H,21,23)/t13?,15-,16?,17-/m0/s1. The lowest BCUT2D eigenvalue weighted by atomic mass is 10.1. The van der Waals surface area contributed by atoms with Gasteiger partial charge >= 0.3 is 0 Å². The van der Waals surface area contributed by atoms with Gasteiger partial charge in [-0.3, -0.25) is 14.9 Å². The van der Waals surface area contributed by atoms with E-state index in [1.54, 1.807) is 38.4 Å². The summed E-state index contributed by atoms with van der Waals surface area (Å²) in [7, 11) is 3.22. The molecule has 146 valence electrons. The largest absolute Gasteiger partial charge is 0.387 e. The normalized spacial score (nSPS) is 15.6. The molecule has 2 unspecified atom stereocenters. The highest BCUT2D eigenvalue weighted by molar-refractivity contribution is 5.89. The molecule has 1 rings (SSSR count). The average molecular weight is 366 g/mol. The molecule has 26 heavy (non-hydrogen) atoms. The minimum Gasteiger partial charge on any atom is -0.387 e. The van der Waals surface area contributed by atoms with E-state index in [4.69, 9.17) is 5.73 Å². The van der Waals surface area contributed by atoms with Crippen molar-refractivity contribution < 1.29 is 19.8 Å². The van der Waals surface area contributed by atoms with Crippen LogP contribution >= 0.6 is 0 Å². The van der Waals surface area contributed by atoms with Gasteiger partial charge in [0.05, 0.1) is 6.54 Å². The minimum atomic E-state index is -1.33. The summed E-state index contributed by atoms with van der Waals surface area (Å²) in [5, 5.41) is 25.0. The summed E-state index contributed by atoms with van der Waals surface area (Å²) in [4.78, 5) is 26.0.